The Labute approximate surface area is 122 Å². The summed E-state index contributed by atoms with van der Waals surface area (Å²) in [5.41, 5.74) is 0.947. The molecule has 5 nitrogen and oxygen atoms in total. The summed E-state index contributed by atoms with van der Waals surface area (Å²) in [4.78, 5) is 0.335. The molecule has 0 fully saturated rings. The molecule has 0 spiro atoms. The third-order valence-corrected chi connectivity index (χ3v) is 4.84. The third-order valence-electron chi connectivity index (χ3n) is 3.28. The molecule has 1 atom stereocenters. The summed E-state index contributed by atoms with van der Waals surface area (Å²) < 4.78 is 29.2. The van der Waals surface area contributed by atoms with E-state index >= 15 is 0 Å². The molecule has 1 rings (SSSR count). The van der Waals surface area contributed by atoms with Gasteiger partial charge in [0.25, 0.3) is 0 Å². The molecule has 0 aliphatic rings. The highest BCUT2D eigenvalue weighted by Crippen LogP contribution is 2.15. The van der Waals surface area contributed by atoms with Gasteiger partial charge in [0.15, 0.2) is 0 Å². The Bertz CT molecular complexity index is 521. The summed E-state index contributed by atoms with van der Waals surface area (Å²) in [5.74, 6) is 0.584. The minimum absolute atomic E-state index is 0.0460. The van der Waals surface area contributed by atoms with Gasteiger partial charge in [0.1, 0.15) is 0 Å². The highest BCUT2D eigenvalue weighted by molar-refractivity contribution is 7.89. The highest BCUT2D eigenvalue weighted by Gasteiger charge is 2.19. The number of nitrogens with zero attached hydrogens (tertiary/aromatic N) is 1. The largest absolute Gasteiger partial charge is 0.352 e. The Morgan fingerprint density at radius 1 is 1.25 bits per heavy atom. The van der Waals surface area contributed by atoms with Crippen LogP contribution >= 0.6 is 0 Å². The second kappa shape index (κ2) is 7.24. The van der Waals surface area contributed by atoms with Crippen molar-refractivity contribution in [1.29, 1.82) is 0 Å². The summed E-state index contributed by atoms with van der Waals surface area (Å²) in [5, 5.41) is 3.03. The lowest BCUT2D eigenvalue weighted by Crippen LogP contribution is -2.32. The zero-order valence-electron chi connectivity index (χ0n) is 13.1. The molecule has 0 saturated carbocycles. The van der Waals surface area contributed by atoms with Gasteiger partial charge in [-0.15, -0.1) is 0 Å². The molecular weight excluding hydrogens is 274 g/mol. The van der Waals surface area contributed by atoms with E-state index in [1.54, 1.807) is 12.3 Å². The van der Waals surface area contributed by atoms with Crippen LogP contribution in [-0.4, -0.2) is 26.1 Å². The first-order chi connectivity index (χ1) is 9.26. The summed E-state index contributed by atoms with van der Waals surface area (Å²) in [6, 6.07) is 1.67. The van der Waals surface area contributed by atoms with Crippen molar-refractivity contribution in [2.24, 2.45) is 13.0 Å². The zero-order valence-corrected chi connectivity index (χ0v) is 13.9. The van der Waals surface area contributed by atoms with Crippen molar-refractivity contribution in [1.82, 2.24) is 14.6 Å². The van der Waals surface area contributed by atoms with E-state index in [0.29, 0.717) is 17.4 Å². The molecule has 116 valence electrons. The standard InChI is InChI=1S/C14H27N3O2S/c1-11(2)6-7-12(3)16-20(18,19)14-8-13(9-15-4)17(5)10-14/h8,10-12,15-16H,6-7,9H2,1-5H3. The van der Waals surface area contributed by atoms with E-state index in [4.69, 9.17) is 0 Å². The molecule has 0 saturated heterocycles. The number of aryl methyl sites for hydroxylation is 1. The van der Waals surface area contributed by atoms with Gasteiger partial charge in [0.2, 0.25) is 10.0 Å². The summed E-state index contributed by atoms with van der Waals surface area (Å²) in [6.07, 6.45) is 3.53. The number of sulfonamides is 1. The van der Waals surface area contributed by atoms with E-state index in [1.807, 2.05) is 25.6 Å². The van der Waals surface area contributed by atoms with E-state index < -0.39 is 10.0 Å². The predicted molar refractivity (Wildman–Crippen MR) is 82.0 cm³/mol. The first kappa shape index (κ1) is 17.2. The number of hydrogen-bond donors (Lipinski definition) is 2. The molecular formula is C14H27N3O2S. The summed E-state index contributed by atoms with van der Waals surface area (Å²) in [7, 11) is 0.270. The van der Waals surface area contributed by atoms with E-state index in [2.05, 4.69) is 23.9 Å². The Balaban J connectivity index is 2.75. The first-order valence-electron chi connectivity index (χ1n) is 7.08. The van der Waals surface area contributed by atoms with Gasteiger partial charge in [0, 0.05) is 31.5 Å². The molecule has 0 aliphatic carbocycles. The normalized spacial score (nSPS) is 13.9. The van der Waals surface area contributed by atoms with Crippen LogP contribution in [0.25, 0.3) is 0 Å². The lowest BCUT2D eigenvalue weighted by molar-refractivity contribution is 0.485. The quantitative estimate of drug-likeness (QED) is 0.770. The van der Waals surface area contributed by atoms with Crippen LogP contribution in [0.2, 0.25) is 0 Å². The molecule has 0 amide bonds. The van der Waals surface area contributed by atoms with Crippen molar-refractivity contribution in [2.75, 3.05) is 7.05 Å². The molecule has 1 heterocycles. The number of nitrogens with one attached hydrogen (secondary N) is 2. The van der Waals surface area contributed by atoms with Gasteiger partial charge in [-0.25, -0.2) is 13.1 Å². The highest BCUT2D eigenvalue weighted by atomic mass is 32.2. The van der Waals surface area contributed by atoms with E-state index in [1.165, 1.54) is 0 Å². The van der Waals surface area contributed by atoms with Crippen LogP contribution in [0.3, 0.4) is 0 Å². The molecule has 1 aromatic heterocycles. The van der Waals surface area contributed by atoms with Crippen LogP contribution in [0, 0.1) is 5.92 Å². The van der Waals surface area contributed by atoms with E-state index in [-0.39, 0.29) is 6.04 Å². The molecule has 20 heavy (non-hydrogen) atoms. The fraction of sp³-hybridized carbons (Fsp3) is 0.714. The molecule has 2 N–H and O–H groups in total. The summed E-state index contributed by atoms with van der Waals surface area (Å²) in [6.45, 7) is 6.84. The zero-order chi connectivity index (χ0) is 15.3. The fourth-order valence-electron chi connectivity index (χ4n) is 2.06. The molecule has 0 aromatic carbocycles. The number of aromatic nitrogens is 1. The molecule has 1 aromatic rings. The van der Waals surface area contributed by atoms with Gasteiger partial charge in [-0.3, -0.25) is 0 Å². The molecule has 1 unspecified atom stereocenters. The smallest absolute Gasteiger partial charge is 0.242 e. The van der Waals surface area contributed by atoms with Crippen molar-refractivity contribution in [3.63, 3.8) is 0 Å². The van der Waals surface area contributed by atoms with Crippen molar-refractivity contribution in [3.05, 3.63) is 18.0 Å². The molecule has 0 bridgehead atoms. The molecule has 0 aliphatic heterocycles. The minimum Gasteiger partial charge on any atom is -0.352 e. The average Bonchev–Trinajstić information content (AvgIpc) is 2.69. The SMILES string of the molecule is CNCc1cc(S(=O)(=O)NC(C)CCC(C)C)cn1C. The van der Waals surface area contributed by atoms with E-state index in [9.17, 15) is 8.42 Å². The van der Waals surface area contributed by atoms with Gasteiger partial charge >= 0.3 is 0 Å². The second-order valence-corrected chi connectivity index (χ2v) is 7.52. The van der Waals surface area contributed by atoms with Crippen LogP contribution in [-0.2, 0) is 23.6 Å². The Morgan fingerprint density at radius 3 is 2.45 bits per heavy atom. The van der Waals surface area contributed by atoms with Crippen molar-refractivity contribution < 1.29 is 8.42 Å². The van der Waals surface area contributed by atoms with Gasteiger partial charge in [-0.2, -0.15) is 0 Å². The molecule has 6 heteroatoms. The summed E-state index contributed by atoms with van der Waals surface area (Å²) >= 11 is 0. The van der Waals surface area contributed by atoms with Crippen LogP contribution in [0.1, 0.15) is 39.3 Å². The topological polar surface area (TPSA) is 63.1 Å². The maximum absolute atomic E-state index is 12.3. The van der Waals surface area contributed by atoms with E-state index in [0.717, 1.165) is 18.5 Å². The van der Waals surface area contributed by atoms with Crippen molar-refractivity contribution in [3.8, 4) is 0 Å². The molecule has 0 radical (unpaired) electrons. The van der Waals surface area contributed by atoms with Crippen LogP contribution in [0.4, 0.5) is 0 Å². The lowest BCUT2D eigenvalue weighted by Gasteiger charge is -2.14. The van der Waals surface area contributed by atoms with Crippen molar-refractivity contribution >= 4 is 10.0 Å². The van der Waals surface area contributed by atoms with Crippen LogP contribution in [0.15, 0.2) is 17.2 Å². The van der Waals surface area contributed by atoms with Gasteiger partial charge in [-0.1, -0.05) is 13.8 Å². The van der Waals surface area contributed by atoms with Gasteiger partial charge in [0.05, 0.1) is 4.90 Å². The predicted octanol–water partition coefficient (Wildman–Crippen LogP) is 1.85. The monoisotopic (exact) mass is 301 g/mol. The maximum atomic E-state index is 12.3. The lowest BCUT2D eigenvalue weighted by atomic mass is 10.1. The van der Waals surface area contributed by atoms with Crippen molar-refractivity contribution in [2.45, 2.75) is 51.1 Å². The van der Waals surface area contributed by atoms with Crippen LogP contribution in [0.5, 0.6) is 0 Å². The second-order valence-electron chi connectivity index (χ2n) is 5.80. The number of rotatable bonds is 8. The number of hydrogen-bond acceptors (Lipinski definition) is 3. The van der Waals surface area contributed by atoms with Gasteiger partial charge in [-0.05, 0) is 38.8 Å². The third kappa shape index (κ3) is 4.92. The minimum atomic E-state index is -3.43. The Hall–Kier alpha value is -0.850. The average molecular weight is 301 g/mol. The Morgan fingerprint density at radius 2 is 1.90 bits per heavy atom. The first-order valence-corrected chi connectivity index (χ1v) is 8.56. The van der Waals surface area contributed by atoms with Gasteiger partial charge < -0.3 is 9.88 Å². The fourth-order valence-corrected chi connectivity index (χ4v) is 3.43. The Kier molecular flexibility index (Phi) is 6.23. The van der Waals surface area contributed by atoms with Crippen LogP contribution < -0.4 is 10.0 Å². The maximum Gasteiger partial charge on any atom is 0.242 e.